The summed E-state index contributed by atoms with van der Waals surface area (Å²) in [7, 11) is 0. The third kappa shape index (κ3) is 3.35. The van der Waals surface area contributed by atoms with Crippen LogP contribution in [0.3, 0.4) is 0 Å². The number of benzene rings is 2. The number of hydrogen-bond donors (Lipinski definition) is 2. The minimum atomic E-state index is -0.127. The highest BCUT2D eigenvalue weighted by molar-refractivity contribution is 5.95. The van der Waals surface area contributed by atoms with Crippen molar-refractivity contribution in [2.75, 3.05) is 0 Å². The molecule has 0 saturated heterocycles. The average Bonchev–Trinajstić information content (AvgIpc) is 2.37. The molecule has 0 aliphatic rings. The van der Waals surface area contributed by atoms with Crippen molar-refractivity contribution in [3.05, 3.63) is 64.7 Å². The normalized spacial score (nSPS) is 10.2. The molecule has 0 unspecified atom stereocenters. The van der Waals surface area contributed by atoms with E-state index < -0.39 is 0 Å². The summed E-state index contributed by atoms with van der Waals surface area (Å²) in [6, 6.07) is 12.8. The van der Waals surface area contributed by atoms with Gasteiger partial charge in [-0.05, 0) is 43.2 Å². The quantitative estimate of drug-likeness (QED) is 0.886. The van der Waals surface area contributed by atoms with Gasteiger partial charge in [-0.1, -0.05) is 29.8 Å². The molecule has 0 aliphatic heterocycles. The van der Waals surface area contributed by atoms with Crippen molar-refractivity contribution in [1.29, 1.82) is 0 Å². The van der Waals surface area contributed by atoms with E-state index in [1.54, 1.807) is 19.1 Å². The van der Waals surface area contributed by atoms with Gasteiger partial charge in [0.05, 0.1) is 0 Å². The lowest BCUT2D eigenvalue weighted by Gasteiger charge is -2.08. The van der Waals surface area contributed by atoms with Gasteiger partial charge < -0.3 is 10.4 Å². The Bertz CT molecular complexity index is 588. The summed E-state index contributed by atoms with van der Waals surface area (Å²) in [4.78, 5) is 12.0. The molecule has 0 spiro atoms. The summed E-state index contributed by atoms with van der Waals surface area (Å²) in [6.45, 7) is 4.34. The van der Waals surface area contributed by atoms with E-state index in [1.807, 2.05) is 31.2 Å². The Morgan fingerprint density at radius 2 is 1.79 bits per heavy atom. The summed E-state index contributed by atoms with van der Waals surface area (Å²) < 4.78 is 0. The van der Waals surface area contributed by atoms with Crippen LogP contribution in [-0.2, 0) is 6.54 Å². The summed E-state index contributed by atoms with van der Waals surface area (Å²) in [5, 5.41) is 12.2. The lowest BCUT2D eigenvalue weighted by Crippen LogP contribution is -2.23. The van der Waals surface area contributed by atoms with Gasteiger partial charge >= 0.3 is 0 Å². The Kier molecular flexibility index (Phi) is 3.85. The van der Waals surface area contributed by atoms with Crippen LogP contribution in [0, 0.1) is 13.8 Å². The fraction of sp³-hybridized carbons (Fsp3) is 0.188. The number of aryl methyl sites for hydroxylation is 2. The highest BCUT2D eigenvalue weighted by Crippen LogP contribution is 2.15. The van der Waals surface area contributed by atoms with Crippen molar-refractivity contribution < 1.29 is 9.90 Å². The smallest absolute Gasteiger partial charge is 0.251 e. The maximum atomic E-state index is 12.0. The zero-order chi connectivity index (χ0) is 13.8. The van der Waals surface area contributed by atoms with Gasteiger partial charge in [0.1, 0.15) is 5.75 Å². The standard InChI is InChI=1S/C16H17NO2/c1-11-3-5-13(6-4-11)10-17-16(19)15-8-7-14(18)9-12(15)2/h3-9,18H,10H2,1-2H3,(H,17,19). The lowest BCUT2D eigenvalue weighted by molar-refractivity contribution is 0.0950. The highest BCUT2D eigenvalue weighted by Gasteiger charge is 2.08. The first-order valence-electron chi connectivity index (χ1n) is 6.19. The fourth-order valence-corrected chi connectivity index (χ4v) is 1.89. The molecule has 3 nitrogen and oxygen atoms in total. The van der Waals surface area contributed by atoms with Gasteiger partial charge in [0.15, 0.2) is 0 Å². The minimum Gasteiger partial charge on any atom is -0.508 e. The number of hydrogen-bond acceptors (Lipinski definition) is 2. The molecule has 0 radical (unpaired) electrons. The summed E-state index contributed by atoms with van der Waals surface area (Å²) in [6.07, 6.45) is 0. The zero-order valence-corrected chi connectivity index (χ0v) is 11.1. The van der Waals surface area contributed by atoms with E-state index >= 15 is 0 Å². The zero-order valence-electron chi connectivity index (χ0n) is 11.1. The Morgan fingerprint density at radius 1 is 1.11 bits per heavy atom. The van der Waals surface area contributed by atoms with Crippen molar-refractivity contribution in [2.24, 2.45) is 0 Å². The molecule has 2 aromatic rings. The Labute approximate surface area is 112 Å². The molecular formula is C16H17NO2. The van der Waals surface area contributed by atoms with Gasteiger partial charge in [-0.15, -0.1) is 0 Å². The van der Waals surface area contributed by atoms with Crippen molar-refractivity contribution in [2.45, 2.75) is 20.4 Å². The van der Waals surface area contributed by atoms with Gasteiger partial charge in [-0.25, -0.2) is 0 Å². The van der Waals surface area contributed by atoms with Crippen LogP contribution in [0.1, 0.15) is 27.0 Å². The average molecular weight is 255 g/mol. The minimum absolute atomic E-state index is 0.127. The second-order valence-corrected chi connectivity index (χ2v) is 4.67. The van der Waals surface area contributed by atoms with Crippen LogP contribution in [0.5, 0.6) is 5.75 Å². The number of aromatic hydroxyl groups is 1. The second kappa shape index (κ2) is 5.57. The van der Waals surface area contributed by atoms with Crippen LogP contribution >= 0.6 is 0 Å². The van der Waals surface area contributed by atoms with Crippen LogP contribution in [0.15, 0.2) is 42.5 Å². The molecule has 2 rings (SSSR count). The van der Waals surface area contributed by atoms with Crippen molar-refractivity contribution in [3.8, 4) is 5.75 Å². The summed E-state index contributed by atoms with van der Waals surface area (Å²) >= 11 is 0. The lowest BCUT2D eigenvalue weighted by atomic mass is 10.1. The third-order valence-corrected chi connectivity index (χ3v) is 3.03. The molecule has 0 aromatic heterocycles. The van der Waals surface area contributed by atoms with Crippen LogP contribution in [0.25, 0.3) is 0 Å². The Balaban J connectivity index is 2.03. The van der Waals surface area contributed by atoms with E-state index in [9.17, 15) is 9.90 Å². The van der Waals surface area contributed by atoms with Crippen LogP contribution < -0.4 is 5.32 Å². The number of carbonyl (C=O) groups is 1. The van der Waals surface area contributed by atoms with Gasteiger partial charge in [0.2, 0.25) is 0 Å². The molecule has 0 atom stereocenters. The molecule has 0 aliphatic carbocycles. The van der Waals surface area contributed by atoms with Crippen LogP contribution in [0.2, 0.25) is 0 Å². The molecule has 1 amide bonds. The maximum Gasteiger partial charge on any atom is 0.251 e. The van der Waals surface area contributed by atoms with E-state index in [-0.39, 0.29) is 11.7 Å². The monoisotopic (exact) mass is 255 g/mol. The Hall–Kier alpha value is -2.29. The van der Waals surface area contributed by atoms with Crippen molar-refractivity contribution in [1.82, 2.24) is 5.32 Å². The Morgan fingerprint density at radius 3 is 2.42 bits per heavy atom. The molecule has 0 saturated carbocycles. The third-order valence-electron chi connectivity index (χ3n) is 3.03. The largest absolute Gasteiger partial charge is 0.508 e. The molecule has 0 fully saturated rings. The number of phenolic OH excluding ortho intramolecular Hbond substituents is 1. The van der Waals surface area contributed by atoms with Gasteiger partial charge in [-0.2, -0.15) is 0 Å². The first-order chi connectivity index (χ1) is 9.06. The first kappa shape index (κ1) is 13.1. The van der Waals surface area contributed by atoms with E-state index in [1.165, 1.54) is 11.6 Å². The van der Waals surface area contributed by atoms with Gasteiger partial charge in [0, 0.05) is 12.1 Å². The van der Waals surface area contributed by atoms with E-state index in [0.717, 1.165) is 11.1 Å². The SMILES string of the molecule is Cc1ccc(CNC(=O)c2ccc(O)cc2C)cc1. The number of rotatable bonds is 3. The topological polar surface area (TPSA) is 49.3 Å². The summed E-state index contributed by atoms with van der Waals surface area (Å²) in [5.41, 5.74) is 3.62. The second-order valence-electron chi connectivity index (χ2n) is 4.67. The molecule has 0 heterocycles. The van der Waals surface area contributed by atoms with E-state index in [0.29, 0.717) is 12.1 Å². The number of amides is 1. The van der Waals surface area contributed by atoms with Crippen LogP contribution in [-0.4, -0.2) is 11.0 Å². The predicted octanol–water partition coefficient (Wildman–Crippen LogP) is 2.94. The molecular weight excluding hydrogens is 238 g/mol. The maximum absolute atomic E-state index is 12.0. The number of nitrogens with one attached hydrogen (secondary N) is 1. The fourth-order valence-electron chi connectivity index (χ4n) is 1.89. The molecule has 2 N–H and O–H groups in total. The summed E-state index contributed by atoms with van der Waals surface area (Å²) in [5.74, 6) is 0.0469. The molecule has 19 heavy (non-hydrogen) atoms. The van der Waals surface area contributed by atoms with Gasteiger partial charge in [-0.3, -0.25) is 4.79 Å². The molecule has 3 heteroatoms. The predicted molar refractivity (Wildman–Crippen MR) is 75.2 cm³/mol. The number of carbonyl (C=O) groups excluding carboxylic acids is 1. The van der Waals surface area contributed by atoms with Crippen molar-refractivity contribution >= 4 is 5.91 Å². The molecule has 2 aromatic carbocycles. The first-order valence-corrected chi connectivity index (χ1v) is 6.19. The molecule has 0 bridgehead atoms. The van der Waals surface area contributed by atoms with Crippen LogP contribution in [0.4, 0.5) is 0 Å². The highest BCUT2D eigenvalue weighted by atomic mass is 16.3. The van der Waals surface area contributed by atoms with E-state index in [4.69, 9.17) is 0 Å². The number of phenols is 1. The van der Waals surface area contributed by atoms with E-state index in [2.05, 4.69) is 5.32 Å². The van der Waals surface area contributed by atoms with Crippen molar-refractivity contribution in [3.63, 3.8) is 0 Å². The molecule has 98 valence electrons. The van der Waals surface area contributed by atoms with Gasteiger partial charge in [0.25, 0.3) is 5.91 Å².